The number of rotatable bonds is 5. The Morgan fingerprint density at radius 1 is 1.40 bits per heavy atom. The van der Waals surface area contributed by atoms with Crippen LogP contribution in [0.4, 0.5) is 0 Å². The van der Waals surface area contributed by atoms with Crippen LogP contribution >= 0.6 is 0 Å². The molecule has 0 spiro atoms. The monoisotopic (exact) mass is 276 g/mol. The Morgan fingerprint density at radius 2 is 2.15 bits per heavy atom. The Bertz CT molecular complexity index is 425. The molecule has 1 unspecified atom stereocenters. The van der Waals surface area contributed by atoms with E-state index in [0.717, 1.165) is 11.4 Å². The summed E-state index contributed by atoms with van der Waals surface area (Å²) in [5.41, 5.74) is 0.944. The number of pyridine rings is 1. The number of hydrogen-bond donors (Lipinski definition) is 1. The molecule has 1 heterocycles. The van der Waals surface area contributed by atoms with Gasteiger partial charge < -0.3 is 10.1 Å². The number of aromatic nitrogens is 1. The summed E-state index contributed by atoms with van der Waals surface area (Å²) in [6, 6.07) is 3.92. The van der Waals surface area contributed by atoms with E-state index in [0.29, 0.717) is 12.3 Å². The number of hydrogen-bond acceptors (Lipinski definition) is 3. The van der Waals surface area contributed by atoms with E-state index in [1.165, 1.54) is 32.1 Å². The Balaban J connectivity index is 2.16. The number of carbonyl (C=O) groups is 1. The van der Waals surface area contributed by atoms with Crippen molar-refractivity contribution in [2.24, 2.45) is 5.92 Å². The number of ether oxygens (including phenoxy) is 1. The highest BCUT2D eigenvalue weighted by Gasteiger charge is 2.27. The molecule has 0 radical (unpaired) electrons. The van der Waals surface area contributed by atoms with Crippen molar-refractivity contribution in [1.29, 1.82) is 0 Å². The predicted molar refractivity (Wildman–Crippen MR) is 78.5 cm³/mol. The van der Waals surface area contributed by atoms with Crippen molar-refractivity contribution in [3.05, 3.63) is 24.0 Å². The second-order valence-corrected chi connectivity index (χ2v) is 5.42. The van der Waals surface area contributed by atoms with Crippen molar-refractivity contribution in [3.63, 3.8) is 0 Å². The summed E-state index contributed by atoms with van der Waals surface area (Å²) in [5.74, 6) is 1.34. The first-order chi connectivity index (χ1) is 9.74. The molecule has 0 aliphatic heterocycles. The van der Waals surface area contributed by atoms with Crippen LogP contribution in [0.5, 0.6) is 5.75 Å². The Morgan fingerprint density at radius 3 is 2.70 bits per heavy atom. The minimum absolute atomic E-state index is 0.0358. The summed E-state index contributed by atoms with van der Waals surface area (Å²) in [6.07, 6.45) is 8.38. The number of amides is 1. The highest BCUT2D eigenvalue weighted by atomic mass is 16.5. The molecule has 1 aliphatic carbocycles. The molecule has 0 aromatic carbocycles. The standard InChI is InChI=1S/C16H24N2O2/c1-3-15(19)18-16(12-7-5-4-6-8-12)14-10-9-13(20-2)11-17-14/h9-12,16H,3-8H2,1-2H3,(H,18,19). The SMILES string of the molecule is CCC(=O)NC(c1ccc(OC)cn1)C1CCCCC1. The molecule has 4 heteroatoms. The van der Waals surface area contributed by atoms with E-state index >= 15 is 0 Å². The molecule has 110 valence electrons. The van der Waals surface area contributed by atoms with E-state index < -0.39 is 0 Å². The molecule has 1 saturated carbocycles. The van der Waals surface area contributed by atoms with Gasteiger partial charge in [0.15, 0.2) is 0 Å². The van der Waals surface area contributed by atoms with Crippen LogP contribution in [-0.2, 0) is 4.79 Å². The smallest absolute Gasteiger partial charge is 0.220 e. The van der Waals surface area contributed by atoms with Crippen molar-refractivity contribution < 1.29 is 9.53 Å². The third-order valence-electron chi connectivity index (χ3n) is 4.07. The lowest BCUT2D eigenvalue weighted by atomic mass is 9.82. The lowest BCUT2D eigenvalue weighted by Crippen LogP contribution is -2.34. The zero-order valence-electron chi connectivity index (χ0n) is 12.4. The summed E-state index contributed by atoms with van der Waals surface area (Å²) in [4.78, 5) is 16.3. The summed E-state index contributed by atoms with van der Waals surface area (Å²) in [7, 11) is 1.63. The van der Waals surface area contributed by atoms with Crippen molar-refractivity contribution >= 4 is 5.91 Å². The number of methoxy groups -OCH3 is 1. The van der Waals surface area contributed by atoms with Crippen molar-refractivity contribution in [2.45, 2.75) is 51.5 Å². The lowest BCUT2D eigenvalue weighted by Gasteiger charge is -2.30. The summed E-state index contributed by atoms with van der Waals surface area (Å²) in [6.45, 7) is 1.88. The van der Waals surface area contributed by atoms with E-state index in [4.69, 9.17) is 4.74 Å². The molecule has 2 rings (SSSR count). The normalized spacial score (nSPS) is 17.5. The molecule has 0 saturated heterocycles. The zero-order valence-corrected chi connectivity index (χ0v) is 12.4. The van der Waals surface area contributed by atoms with Gasteiger partial charge in [0, 0.05) is 6.42 Å². The van der Waals surface area contributed by atoms with Crippen LogP contribution in [0.15, 0.2) is 18.3 Å². The maximum Gasteiger partial charge on any atom is 0.220 e. The van der Waals surface area contributed by atoms with Crippen molar-refractivity contribution in [1.82, 2.24) is 10.3 Å². The molecule has 1 aromatic heterocycles. The van der Waals surface area contributed by atoms with E-state index in [9.17, 15) is 4.79 Å². The summed E-state index contributed by atoms with van der Waals surface area (Å²) >= 11 is 0. The van der Waals surface area contributed by atoms with E-state index in [-0.39, 0.29) is 11.9 Å². The molecule has 20 heavy (non-hydrogen) atoms. The molecule has 1 atom stereocenters. The maximum absolute atomic E-state index is 11.8. The predicted octanol–water partition coefficient (Wildman–Crippen LogP) is 3.24. The summed E-state index contributed by atoms with van der Waals surface area (Å²) in [5, 5.41) is 3.15. The first kappa shape index (κ1) is 14.8. The van der Waals surface area contributed by atoms with Gasteiger partial charge in [-0.3, -0.25) is 9.78 Å². The minimum Gasteiger partial charge on any atom is -0.495 e. The van der Waals surface area contributed by atoms with Crippen LogP contribution in [0.1, 0.15) is 57.2 Å². The zero-order chi connectivity index (χ0) is 14.4. The van der Waals surface area contributed by atoms with Crippen LogP contribution in [0, 0.1) is 5.92 Å². The van der Waals surface area contributed by atoms with Crippen molar-refractivity contribution in [2.75, 3.05) is 7.11 Å². The number of nitrogens with one attached hydrogen (secondary N) is 1. The Hall–Kier alpha value is -1.58. The first-order valence-electron chi connectivity index (χ1n) is 7.54. The second kappa shape index (κ2) is 7.27. The van der Waals surface area contributed by atoms with Crippen LogP contribution in [0.2, 0.25) is 0 Å². The quantitative estimate of drug-likeness (QED) is 0.898. The molecule has 1 amide bonds. The molecular weight excluding hydrogens is 252 g/mol. The third kappa shape index (κ3) is 3.71. The largest absolute Gasteiger partial charge is 0.495 e. The topological polar surface area (TPSA) is 51.2 Å². The molecule has 1 fully saturated rings. The molecule has 4 nitrogen and oxygen atoms in total. The Kier molecular flexibility index (Phi) is 5.39. The minimum atomic E-state index is 0.0358. The van der Waals surface area contributed by atoms with E-state index in [1.54, 1.807) is 13.3 Å². The van der Waals surface area contributed by atoms with Crippen LogP contribution in [-0.4, -0.2) is 18.0 Å². The highest BCUT2D eigenvalue weighted by Crippen LogP contribution is 2.34. The highest BCUT2D eigenvalue weighted by molar-refractivity contribution is 5.76. The van der Waals surface area contributed by atoms with Crippen molar-refractivity contribution in [3.8, 4) is 5.75 Å². The fourth-order valence-corrected chi connectivity index (χ4v) is 2.87. The van der Waals surface area contributed by atoms with E-state index in [1.807, 2.05) is 19.1 Å². The van der Waals surface area contributed by atoms with Crippen LogP contribution in [0.3, 0.4) is 0 Å². The lowest BCUT2D eigenvalue weighted by molar-refractivity contribution is -0.122. The maximum atomic E-state index is 11.8. The van der Waals surface area contributed by atoms with Gasteiger partial charge in [-0.05, 0) is 30.9 Å². The van der Waals surface area contributed by atoms with Gasteiger partial charge in [0.2, 0.25) is 5.91 Å². The number of nitrogens with zero attached hydrogens (tertiary/aromatic N) is 1. The average Bonchev–Trinajstić information content (AvgIpc) is 2.53. The van der Waals surface area contributed by atoms with Gasteiger partial charge in [0.05, 0.1) is 25.0 Å². The van der Waals surface area contributed by atoms with Gasteiger partial charge >= 0.3 is 0 Å². The average molecular weight is 276 g/mol. The van der Waals surface area contributed by atoms with Gasteiger partial charge in [-0.15, -0.1) is 0 Å². The first-order valence-corrected chi connectivity index (χ1v) is 7.54. The van der Waals surface area contributed by atoms with Gasteiger partial charge in [0.25, 0.3) is 0 Å². The molecule has 0 bridgehead atoms. The molecule has 1 N–H and O–H groups in total. The summed E-state index contributed by atoms with van der Waals surface area (Å²) < 4.78 is 5.15. The van der Waals surface area contributed by atoms with Gasteiger partial charge in [-0.25, -0.2) is 0 Å². The van der Waals surface area contributed by atoms with Gasteiger partial charge in [0.1, 0.15) is 5.75 Å². The fourth-order valence-electron chi connectivity index (χ4n) is 2.87. The van der Waals surface area contributed by atoms with Crippen LogP contribution < -0.4 is 10.1 Å². The molecule has 1 aromatic rings. The van der Waals surface area contributed by atoms with E-state index in [2.05, 4.69) is 10.3 Å². The van der Waals surface area contributed by atoms with Gasteiger partial charge in [-0.2, -0.15) is 0 Å². The molecular formula is C16H24N2O2. The third-order valence-corrected chi connectivity index (χ3v) is 4.07. The van der Waals surface area contributed by atoms with Crippen LogP contribution in [0.25, 0.3) is 0 Å². The Labute approximate surface area is 120 Å². The number of carbonyl (C=O) groups excluding carboxylic acids is 1. The second-order valence-electron chi connectivity index (χ2n) is 5.42. The molecule has 1 aliphatic rings. The van der Waals surface area contributed by atoms with Gasteiger partial charge in [-0.1, -0.05) is 26.2 Å². The fraction of sp³-hybridized carbons (Fsp3) is 0.625.